The molecule has 0 saturated heterocycles. The van der Waals surface area contributed by atoms with Crippen LogP contribution >= 0.6 is 22.6 Å². The summed E-state index contributed by atoms with van der Waals surface area (Å²) in [6.45, 7) is -0.117. The van der Waals surface area contributed by atoms with Gasteiger partial charge in [-0.3, -0.25) is 9.59 Å². The van der Waals surface area contributed by atoms with Crippen molar-refractivity contribution in [2.45, 2.75) is 19.0 Å². The van der Waals surface area contributed by atoms with E-state index < -0.39 is 18.6 Å². The number of benzene rings is 3. The number of aliphatic hydroxyl groups is 1. The molecule has 3 aromatic carbocycles. The Morgan fingerprint density at radius 1 is 0.929 bits per heavy atom. The van der Waals surface area contributed by atoms with Crippen LogP contribution in [0.5, 0.6) is 0 Å². The largest absolute Gasteiger partial charge is 0.394 e. The number of halogens is 1. The molecule has 2 amide bonds. The summed E-state index contributed by atoms with van der Waals surface area (Å²) in [5, 5.41) is 17.0. The smallest absolute Gasteiger partial charge is 0.245 e. The zero-order chi connectivity index (χ0) is 19.9. The molecule has 0 spiro atoms. The fraction of sp³-hybridized carbons (Fsp3) is 0.182. The maximum atomic E-state index is 12.3. The first-order valence-electron chi connectivity index (χ1n) is 8.95. The molecule has 5 nitrogen and oxygen atoms in total. The number of nitrogens with one attached hydrogen (secondary N) is 2. The Balaban J connectivity index is 1.56. The van der Waals surface area contributed by atoms with Gasteiger partial charge in [-0.15, -0.1) is 0 Å². The molecular formula is C22H21IN2O3. The molecule has 3 rings (SSSR count). The molecule has 0 bridgehead atoms. The van der Waals surface area contributed by atoms with Crippen molar-refractivity contribution in [2.75, 3.05) is 6.61 Å². The lowest BCUT2D eigenvalue weighted by Gasteiger charge is -2.16. The molecule has 6 heteroatoms. The van der Waals surface area contributed by atoms with Crippen molar-refractivity contribution < 1.29 is 14.7 Å². The summed E-state index contributed by atoms with van der Waals surface area (Å²) in [4.78, 5) is 24.6. The maximum Gasteiger partial charge on any atom is 0.245 e. The van der Waals surface area contributed by atoms with Crippen LogP contribution < -0.4 is 10.6 Å². The van der Waals surface area contributed by atoms with Crippen molar-refractivity contribution >= 4 is 45.2 Å². The second-order valence-electron chi connectivity index (χ2n) is 6.51. The Bertz CT molecular complexity index is 990. The van der Waals surface area contributed by atoms with Gasteiger partial charge in [0.2, 0.25) is 11.8 Å². The van der Waals surface area contributed by atoms with Crippen molar-refractivity contribution in [1.29, 1.82) is 0 Å². The summed E-state index contributed by atoms with van der Waals surface area (Å²) in [5.74, 6) is -0.716. The fourth-order valence-electron chi connectivity index (χ4n) is 2.93. The first-order valence-corrected chi connectivity index (χ1v) is 10.0. The van der Waals surface area contributed by atoms with Crippen LogP contribution in [0.25, 0.3) is 10.8 Å². The van der Waals surface area contributed by atoms with Crippen LogP contribution in [0.1, 0.15) is 11.1 Å². The minimum absolute atomic E-state index is 0.144. The van der Waals surface area contributed by atoms with Gasteiger partial charge in [-0.2, -0.15) is 0 Å². The minimum Gasteiger partial charge on any atom is -0.394 e. The summed E-state index contributed by atoms with van der Waals surface area (Å²) in [6.07, 6.45) is 0.144. The SMILES string of the molecule is O=C(Cc1ccc2ccccc2c1)N[C@@H](CO)C(=O)NCc1cccc(I)c1. The molecule has 3 N–H and O–H groups in total. The second-order valence-corrected chi connectivity index (χ2v) is 7.75. The topological polar surface area (TPSA) is 78.4 Å². The number of aliphatic hydroxyl groups excluding tert-OH is 1. The average molecular weight is 488 g/mol. The number of fused-ring (bicyclic) bond motifs is 1. The Labute approximate surface area is 177 Å². The van der Waals surface area contributed by atoms with Gasteiger partial charge in [0.1, 0.15) is 6.04 Å². The second kappa shape index (κ2) is 9.66. The molecule has 0 saturated carbocycles. The highest BCUT2D eigenvalue weighted by atomic mass is 127. The van der Waals surface area contributed by atoms with Gasteiger partial charge in [-0.05, 0) is 56.6 Å². The van der Waals surface area contributed by atoms with Crippen LogP contribution in [-0.2, 0) is 22.6 Å². The van der Waals surface area contributed by atoms with E-state index in [0.717, 1.165) is 25.5 Å². The zero-order valence-electron chi connectivity index (χ0n) is 15.2. The number of amides is 2. The first-order chi connectivity index (χ1) is 13.5. The van der Waals surface area contributed by atoms with E-state index in [4.69, 9.17) is 0 Å². The van der Waals surface area contributed by atoms with Crippen LogP contribution in [0.2, 0.25) is 0 Å². The lowest BCUT2D eigenvalue weighted by atomic mass is 10.0. The van der Waals surface area contributed by atoms with Crippen LogP contribution in [0, 0.1) is 3.57 Å². The van der Waals surface area contributed by atoms with Crippen LogP contribution in [0.15, 0.2) is 66.7 Å². The number of carbonyl (C=O) groups is 2. The van der Waals surface area contributed by atoms with Crippen molar-refractivity contribution in [2.24, 2.45) is 0 Å². The summed E-state index contributed by atoms with van der Waals surface area (Å²) < 4.78 is 1.08. The minimum atomic E-state index is -0.976. The van der Waals surface area contributed by atoms with Gasteiger partial charge in [-0.1, -0.05) is 54.6 Å². The van der Waals surface area contributed by atoms with Gasteiger partial charge in [0.25, 0.3) is 0 Å². The molecule has 0 fully saturated rings. The Morgan fingerprint density at radius 2 is 1.71 bits per heavy atom. The molecular weight excluding hydrogens is 467 g/mol. The van der Waals surface area contributed by atoms with Crippen molar-refractivity contribution in [1.82, 2.24) is 10.6 Å². The molecule has 0 aliphatic heterocycles. The lowest BCUT2D eigenvalue weighted by Crippen LogP contribution is -2.49. The molecule has 0 aliphatic rings. The van der Waals surface area contributed by atoms with Gasteiger partial charge in [0.05, 0.1) is 13.0 Å². The molecule has 0 radical (unpaired) electrons. The molecule has 3 aromatic rings. The highest BCUT2D eigenvalue weighted by molar-refractivity contribution is 14.1. The van der Waals surface area contributed by atoms with Crippen LogP contribution in [-0.4, -0.2) is 29.6 Å². The average Bonchev–Trinajstić information content (AvgIpc) is 2.70. The van der Waals surface area contributed by atoms with Crippen molar-refractivity contribution in [3.63, 3.8) is 0 Å². The summed E-state index contributed by atoms with van der Waals surface area (Å²) >= 11 is 2.21. The van der Waals surface area contributed by atoms with Gasteiger partial charge in [-0.25, -0.2) is 0 Å². The third kappa shape index (κ3) is 5.53. The van der Waals surface area contributed by atoms with Crippen LogP contribution in [0.3, 0.4) is 0 Å². The first kappa shape index (κ1) is 20.3. The Hall–Kier alpha value is -2.45. The van der Waals surface area contributed by atoms with E-state index in [0.29, 0.717) is 6.54 Å². The van der Waals surface area contributed by atoms with Gasteiger partial charge in [0.15, 0.2) is 0 Å². The molecule has 1 atom stereocenters. The number of rotatable bonds is 7. The van der Waals surface area contributed by atoms with E-state index in [1.54, 1.807) is 0 Å². The predicted molar refractivity (Wildman–Crippen MR) is 118 cm³/mol. The zero-order valence-corrected chi connectivity index (χ0v) is 17.3. The van der Waals surface area contributed by atoms with Gasteiger partial charge >= 0.3 is 0 Å². The van der Waals surface area contributed by atoms with E-state index in [2.05, 4.69) is 33.2 Å². The highest BCUT2D eigenvalue weighted by Crippen LogP contribution is 2.16. The Morgan fingerprint density at radius 3 is 2.46 bits per heavy atom. The summed E-state index contributed by atoms with van der Waals surface area (Å²) in [7, 11) is 0. The highest BCUT2D eigenvalue weighted by Gasteiger charge is 2.19. The lowest BCUT2D eigenvalue weighted by molar-refractivity contribution is -0.129. The van der Waals surface area contributed by atoms with Crippen molar-refractivity contribution in [3.05, 3.63) is 81.4 Å². The van der Waals surface area contributed by atoms with Crippen LogP contribution in [0.4, 0.5) is 0 Å². The predicted octanol–water partition coefficient (Wildman–Crippen LogP) is 2.78. The maximum absolute atomic E-state index is 12.3. The standard InChI is InChI=1S/C22H21IN2O3/c23-19-7-3-4-16(11-19)13-24-22(28)20(14-26)25-21(27)12-15-8-9-17-5-1-2-6-18(17)10-15/h1-11,20,26H,12-14H2,(H,24,28)(H,25,27)/t20-/m0/s1. The molecule has 28 heavy (non-hydrogen) atoms. The Kier molecular flexibility index (Phi) is 7.00. The summed E-state index contributed by atoms with van der Waals surface area (Å²) in [6, 6.07) is 20.5. The van der Waals surface area contributed by atoms with E-state index in [9.17, 15) is 14.7 Å². The molecule has 0 aliphatic carbocycles. The molecule has 0 aromatic heterocycles. The van der Waals surface area contributed by atoms with Gasteiger partial charge < -0.3 is 15.7 Å². The molecule has 144 valence electrons. The number of hydrogen-bond acceptors (Lipinski definition) is 3. The number of carbonyl (C=O) groups excluding carboxylic acids is 2. The number of hydrogen-bond donors (Lipinski definition) is 3. The van der Waals surface area contributed by atoms with E-state index in [1.807, 2.05) is 66.7 Å². The van der Waals surface area contributed by atoms with Gasteiger partial charge in [0, 0.05) is 10.1 Å². The molecule has 0 heterocycles. The normalized spacial score (nSPS) is 11.8. The van der Waals surface area contributed by atoms with E-state index in [1.165, 1.54) is 0 Å². The van der Waals surface area contributed by atoms with E-state index >= 15 is 0 Å². The monoisotopic (exact) mass is 488 g/mol. The van der Waals surface area contributed by atoms with Crippen molar-refractivity contribution in [3.8, 4) is 0 Å². The summed E-state index contributed by atoms with van der Waals surface area (Å²) in [5.41, 5.74) is 1.81. The van der Waals surface area contributed by atoms with E-state index in [-0.39, 0.29) is 12.3 Å². The quantitative estimate of drug-likeness (QED) is 0.448. The third-order valence-corrected chi connectivity index (χ3v) is 5.04. The fourth-order valence-corrected chi connectivity index (χ4v) is 3.54. The third-order valence-electron chi connectivity index (χ3n) is 4.37. The molecule has 0 unspecified atom stereocenters.